The number of hydrogen-bond acceptors (Lipinski definition) is 5. The molecule has 0 radical (unpaired) electrons. The lowest BCUT2D eigenvalue weighted by atomic mass is 9.38. The van der Waals surface area contributed by atoms with Crippen LogP contribution in [-0.4, -0.2) is 66.7 Å². The van der Waals surface area contributed by atoms with Gasteiger partial charge in [0.1, 0.15) is 6.54 Å². The van der Waals surface area contributed by atoms with E-state index in [4.69, 9.17) is 5.11 Å². The van der Waals surface area contributed by atoms with Crippen LogP contribution in [0, 0.1) is 28.1 Å². The number of hydrogen-bond donors (Lipinski definition) is 1. The Morgan fingerprint density at radius 1 is 0.913 bits per heavy atom. The van der Waals surface area contributed by atoms with Crippen LogP contribution in [0.3, 0.4) is 0 Å². The van der Waals surface area contributed by atoms with Gasteiger partial charge in [-0.3, -0.25) is 14.4 Å². The van der Waals surface area contributed by atoms with Crippen LogP contribution < -0.4 is 0 Å². The van der Waals surface area contributed by atoms with Crippen molar-refractivity contribution in [3.63, 3.8) is 0 Å². The largest absolute Gasteiger partial charge is 0.870 e. The molecule has 2 N–H and O–H groups in total. The van der Waals surface area contributed by atoms with E-state index in [0.29, 0.717) is 31.3 Å². The summed E-state index contributed by atoms with van der Waals surface area (Å²) in [5.41, 5.74) is 2.03. The molecule has 2 rings (SSSR count). The van der Waals surface area contributed by atoms with Crippen LogP contribution in [0.4, 0.5) is 0 Å². The molecule has 4 atom stereocenters. The molecule has 2 bridgehead atoms. The number of aliphatic hydroxyl groups excluding tert-OH is 1. The van der Waals surface area contributed by atoms with Crippen LogP contribution in [0.25, 0.3) is 0 Å². The van der Waals surface area contributed by atoms with Crippen LogP contribution in [0.1, 0.15) is 115 Å². The molecule has 0 amide bonds. The Kier molecular flexibility index (Phi) is 16.7. The molecule has 2 aliphatic carbocycles. The highest BCUT2D eigenvalue weighted by Gasteiger charge is 2.73. The molecule has 0 heterocycles. The molecule has 0 aliphatic heterocycles. The summed E-state index contributed by atoms with van der Waals surface area (Å²) in [6.07, 6.45) is 14.3. The van der Waals surface area contributed by atoms with E-state index in [1.807, 2.05) is 47.6 Å². The maximum Gasteiger partial charge on any atom is 0.180 e. The van der Waals surface area contributed by atoms with E-state index in [1.165, 1.54) is 11.1 Å². The first-order chi connectivity index (χ1) is 20.6. The van der Waals surface area contributed by atoms with Gasteiger partial charge < -0.3 is 15.1 Å². The van der Waals surface area contributed by atoms with Crippen molar-refractivity contribution < 1.29 is 29.4 Å². The number of ketones is 3. The van der Waals surface area contributed by atoms with E-state index in [0.717, 1.165) is 35.0 Å². The molecule has 6 heteroatoms. The van der Waals surface area contributed by atoms with Gasteiger partial charge >= 0.3 is 0 Å². The molecule has 0 aromatic heterocycles. The van der Waals surface area contributed by atoms with E-state index in [-0.39, 0.29) is 35.4 Å². The summed E-state index contributed by atoms with van der Waals surface area (Å²) in [5.74, 6) is -0.983. The number of carbonyl (C=O) groups excluding carboxylic acids is 3. The Morgan fingerprint density at radius 2 is 1.43 bits per heavy atom. The van der Waals surface area contributed by atoms with Gasteiger partial charge in [-0.25, -0.2) is 0 Å². The molecule has 6 nitrogen and oxygen atoms in total. The maximum atomic E-state index is 14.9. The first-order valence-corrected chi connectivity index (χ1v) is 16.9. The van der Waals surface area contributed by atoms with Gasteiger partial charge in [0.15, 0.2) is 22.8 Å². The molecule has 262 valence electrons. The number of Topliss-reactive ketones (excluding diaryl/α,β-unsaturated/α-hetero) is 3. The Balaban J connectivity index is 0.00000226. The van der Waals surface area contributed by atoms with Crippen LogP contribution in [0.15, 0.2) is 58.2 Å². The van der Waals surface area contributed by atoms with Crippen LogP contribution in [0.2, 0.25) is 0 Å². The molecular weight excluding hydrogens is 574 g/mol. The first-order valence-electron chi connectivity index (χ1n) is 16.9. The summed E-state index contributed by atoms with van der Waals surface area (Å²) in [6, 6.07) is 0. The van der Waals surface area contributed by atoms with Gasteiger partial charge in [0, 0.05) is 5.92 Å². The lowest BCUT2D eigenvalue weighted by Crippen LogP contribution is -2.70. The summed E-state index contributed by atoms with van der Waals surface area (Å²) in [5, 5.41) is 8.39. The molecule has 1 unspecified atom stereocenters. The Labute approximate surface area is 281 Å². The fourth-order valence-corrected chi connectivity index (χ4v) is 6.92. The first kappa shape index (κ1) is 43.6. The van der Waals surface area contributed by atoms with Crippen molar-refractivity contribution in [3.05, 3.63) is 58.2 Å². The number of quaternary nitrogens is 1. The quantitative estimate of drug-likeness (QED) is 0.123. The minimum atomic E-state index is -1.66. The number of fused-ring (bicyclic) bond motifs is 2. The summed E-state index contributed by atoms with van der Waals surface area (Å²) in [7, 11) is 6.16. The van der Waals surface area contributed by atoms with Crippen molar-refractivity contribution >= 4 is 17.3 Å². The molecule has 0 saturated heterocycles. The van der Waals surface area contributed by atoms with Crippen molar-refractivity contribution in [3.8, 4) is 0 Å². The summed E-state index contributed by atoms with van der Waals surface area (Å²) < 4.78 is 0.844. The minimum Gasteiger partial charge on any atom is -0.870 e. The van der Waals surface area contributed by atoms with E-state index in [2.05, 4.69) is 80.1 Å². The number of rotatable bonds is 13. The fourth-order valence-electron chi connectivity index (χ4n) is 6.92. The zero-order valence-electron chi connectivity index (χ0n) is 31.8. The van der Waals surface area contributed by atoms with E-state index >= 15 is 0 Å². The van der Waals surface area contributed by atoms with E-state index in [9.17, 15) is 14.4 Å². The van der Waals surface area contributed by atoms with Gasteiger partial charge in [-0.15, -0.1) is 0 Å². The zero-order valence-corrected chi connectivity index (χ0v) is 31.8. The van der Waals surface area contributed by atoms with Gasteiger partial charge in [0.05, 0.1) is 33.2 Å². The topological polar surface area (TPSA) is 101 Å². The Bertz CT molecular complexity index is 1220. The molecule has 2 aliphatic rings. The minimum absolute atomic E-state index is 0. The van der Waals surface area contributed by atoms with E-state index in [1.54, 1.807) is 0 Å². The second-order valence-corrected chi connectivity index (χ2v) is 16.1. The SMILES string of the molecule is CC(C)=CCC[C@]1(C)C(CC=C(C)C)C[C@]2(CC=C(C)C)C=C(CC=C(C)C)C(=O)[C@@]1(C(=O)C(C)C)C2=O.C[N+](C)(C)CCO.[OH-]. The molecule has 0 aromatic rings. The Hall–Kier alpha value is -2.41. The average molecular weight is 642 g/mol. The highest BCUT2D eigenvalue weighted by Crippen LogP contribution is 2.66. The highest BCUT2D eigenvalue weighted by molar-refractivity contribution is 6.33. The molecule has 1 fully saturated rings. The van der Waals surface area contributed by atoms with Crippen molar-refractivity contribution in [1.82, 2.24) is 0 Å². The Morgan fingerprint density at radius 3 is 1.85 bits per heavy atom. The van der Waals surface area contributed by atoms with E-state index < -0.39 is 22.2 Å². The molecular formula is C40H67NO5. The molecule has 0 spiro atoms. The number of carbonyl (C=O) groups is 3. The summed E-state index contributed by atoms with van der Waals surface area (Å²) in [4.78, 5) is 44.1. The predicted octanol–water partition coefficient (Wildman–Crippen LogP) is 8.61. The van der Waals surface area contributed by atoms with Crippen LogP contribution in [-0.2, 0) is 14.4 Å². The van der Waals surface area contributed by atoms with Crippen molar-refractivity contribution in [1.29, 1.82) is 0 Å². The zero-order chi connectivity index (χ0) is 35.0. The fraction of sp³-hybridized carbons (Fsp3) is 0.675. The lowest BCUT2D eigenvalue weighted by Gasteiger charge is -2.60. The lowest BCUT2D eigenvalue weighted by molar-refractivity contribution is -0.870. The molecule has 0 aromatic carbocycles. The summed E-state index contributed by atoms with van der Waals surface area (Å²) in [6.45, 7) is 23.3. The maximum absolute atomic E-state index is 14.9. The third-order valence-corrected chi connectivity index (χ3v) is 9.54. The van der Waals surface area contributed by atoms with Gasteiger partial charge in [-0.2, -0.15) is 0 Å². The second kappa shape index (κ2) is 17.7. The van der Waals surface area contributed by atoms with Crippen molar-refractivity contribution in [2.24, 2.45) is 28.1 Å². The molecule has 46 heavy (non-hydrogen) atoms. The second-order valence-electron chi connectivity index (χ2n) is 16.1. The van der Waals surface area contributed by atoms with Crippen molar-refractivity contribution in [2.45, 2.75) is 115 Å². The van der Waals surface area contributed by atoms with Gasteiger partial charge in [-0.05, 0) is 111 Å². The standard InChI is InChI=1S/C35H52O3.C5H14NO.H2O/c1-23(2)13-12-19-33(11)29(17-15-25(5)6)22-34(20-18-26(7)8)21-28(16-14-24(3)4)31(37)35(33,32(34)38)30(36)27(9)10;1-6(2,3)4-5-7;/h13-15,18,21,27,29H,12,16-17,19-20,22H2,1-11H3;7H,4-5H2,1-3H3;1H2/q;+1;/p-1/t29?,33-,34+,35+;;/m1../s1. The average Bonchev–Trinajstić information content (AvgIpc) is 2.89. The number of likely N-dealkylation sites (N-methyl/N-ethyl adjacent to an activating group) is 1. The third kappa shape index (κ3) is 10.3. The van der Waals surface area contributed by atoms with Gasteiger partial charge in [0.25, 0.3) is 0 Å². The summed E-state index contributed by atoms with van der Waals surface area (Å²) >= 11 is 0. The monoisotopic (exact) mass is 642 g/mol. The van der Waals surface area contributed by atoms with Crippen LogP contribution >= 0.6 is 0 Å². The number of aliphatic hydroxyl groups is 1. The smallest absolute Gasteiger partial charge is 0.180 e. The van der Waals surface area contributed by atoms with Gasteiger partial charge in [-0.1, -0.05) is 73.4 Å². The molecule has 1 saturated carbocycles. The number of nitrogens with zero attached hydrogens (tertiary/aromatic N) is 1. The predicted molar refractivity (Wildman–Crippen MR) is 192 cm³/mol. The van der Waals surface area contributed by atoms with Crippen LogP contribution in [0.5, 0.6) is 0 Å². The normalized spacial score (nSPS) is 25.3. The third-order valence-electron chi connectivity index (χ3n) is 9.54. The number of allylic oxidation sites excluding steroid dienone is 10. The van der Waals surface area contributed by atoms with Gasteiger partial charge in [0.2, 0.25) is 0 Å². The van der Waals surface area contributed by atoms with Crippen molar-refractivity contribution in [2.75, 3.05) is 34.3 Å². The highest BCUT2D eigenvalue weighted by atomic mass is 16.3.